The van der Waals surface area contributed by atoms with Gasteiger partial charge in [-0.05, 0) is 128 Å². The molecule has 0 saturated heterocycles. The lowest BCUT2D eigenvalue weighted by molar-refractivity contribution is 0.776. The Kier molecular flexibility index (Phi) is 6.36. The smallest absolute Gasteiger partial charge is 0.0622 e. The third-order valence-electron chi connectivity index (χ3n) is 12.4. The average Bonchev–Trinajstić information content (AvgIpc) is 3.57. The van der Waals surface area contributed by atoms with Crippen molar-refractivity contribution in [3.05, 3.63) is 229 Å². The summed E-state index contributed by atoms with van der Waals surface area (Å²) in [5.41, 5.74) is 12.2. The van der Waals surface area contributed by atoms with Crippen LogP contribution < -0.4 is 0 Å². The first-order valence-electron chi connectivity index (χ1n) is 19.3. The van der Waals surface area contributed by atoms with Crippen molar-refractivity contribution in [3.8, 4) is 33.4 Å². The van der Waals surface area contributed by atoms with E-state index in [1.54, 1.807) is 0 Å². The fourth-order valence-corrected chi connectivity index (χ4v) is 10.1. The molecule has 254 valence electrons. The lowest BCUT2D eigenvalue weighted by Crippen LogP contribution is -2.29. The Hall–Kier alpha value is -7.02. The molecule has 0 atom stereocenters. The first kappa shape index (κ1) is 30.4. The van der Waals surface area contributed by atoms with Gasteiger partial charge in [0.15, 0.2) is 0 Å². The van der Waals surface area contributed by atoms with Crippen molar-refractivity contribution in [1.29, 1.82) is 0 Å². The zero-order chi connectivity index (χ0) is 36.1. The van der Waals surface area contributed by atoms with Crippen LogP contribution in [-0.4, -0.2) is 0 Å². The van der Waals surface area contributed by atoms with Gasteiger partial charge in [-0.1, -0.05) is 188 Å². The molecule has 0 aliphatic heterocycles. The summed E-state index contributed by atoms with van der Waals surface area (Å²) in [7, 11) is 0. The van der Waals surface area contributed by atoms with Crippen LogP contribution in [0, 0.1) is 0 Å². The molecule has 11 aromatic rings. The van der Waals surface area contributed by atoms with E-state index >= 15 is 0 Å². The van der Waals surface area contributed by atoms with Crippen LogP contribution in [0.2, 0.25) is 0 Å². The number of hydrogen-bond acceptors (Lipinski definition) is 0. The highest BCUT2D eigenvalue weighted by Gasteiger charge is 2.48. The van der Waals surface area contributed by atoms with Gasteiger partial charge in [-0.3, -0.25) is 0 Å². The molecule has 0 N–H and O–H groups in total. The number of rotatable bonds is 4. The van der Waals surface area contributed by atoms with E-state index < -0.39 is 5.41 Å². The van der Waals surface area contributed by atoms with Gasteiger partial charge in [0.2, 0.25) is 0 Å². The van der Waals surface area contributed by atoms with Crippen LogP contribution in [0.3, 0.4) is 0 Å². The van der Waals surface area contributed by atoms with E-state index in [0.717, 1.165) is 0 Å². The van der Waals surface area contributed by atoms with Gasteiger partial charge >= 0.3 is 0 Å². The third kappa shape index (κ3) is 4.23. The highest BCUT2D eigenvalue weighted by atomic mass is 14.5. The Bertz CT molecular complexity index is 3240. The zero-order valence-electron chi connectivity index (χ0n) is 30.1. The normalized spacial score (nSPS) is 13.2. The molecular formula is C55H34. The highest BCUT2D eigenvalue weighted by Crippen LogP contribution is 2.61. The summed E-state index contributed by atoms with van der Waals surface area (Å²) in [4.78, 5) is 0. The minimum Gasteiger partial charge on any atom is -0.0622 e. The molecular weight excluding hydrogens is 661 g/mol. The molecule has 11 aromatic carbocycles. The van der Waals surface area contributed by atoms with E-state index in [9.17, 15) is 0 Å². The Labute approximate surface area is 319 Å². The number of fused-ring (bicyclic) bond motifs is 6. The van der Waals surface area contributed by atoms with Crippen molar-refractivity contribution < 1.29 is 0 Å². The van der Waals surface area contributed by atoms with Gasteiger partial charge in [0.25, 0.3) is 0 Å². The zero-order valence-corrected chi connectivity index (χ0v) is 30.1. The van der Waals surface area contributed by atoms with E-state index in [1.807, 2.05) is 0 Å². The van der Waals surface area contributed by atoms with Crippen molar-refractivity contribution in [2.75, 3.05) is 0 Å². The summed E-state index contributed by atoms with van der Waals surface area (Å²) >= 11 is 0. The van der Waals surface area contributed by atoms with Gasteiger partial charge in [-0.15, -0.1) is 0 Å². The monoisotopic (exact) mass is 694 g/mol. The molecule has 0 heteroatoms. The Morgan fingerprint density at radius 3 is 1.62 bits per heavy atom. The summed E-state index contributed by atoms with van der Waals surface area (Å²) < 4.78 is 0. The summed E-state index contributed by atoms with van der Waals surface area (Å²) in [6.45, 7) is 0. The molecule has 12 rings (SSSR count). The lowest BCUT2D eigenvalue weighted by Gasteiger charge is -2.35. The van der Waals surface area contributed by atoms with Gasteiger partial charge < -0.3 is 0 Å². The van der Waals surface area contributed by atoms with Crippen molar-refractivity contribution in [3.63, 3.8) is 0 Å². The van der Waals surface area contributed by atoms with Crippen LogP contribution in [0.15, 0.2) is 206 Å². The van der Waals surface area contributed by atoms with Crippen LogP contribution >= 0.6 is 0 Å². The molecule has 0 radical (unpaired) electrons. The fourth-order valence-electron chi connectivity index (χ4n) is 10.1. The van der Waals surface area contributed by atoms with Gasteiger partial charge in [0, 0.05) is 0 Å². The molecule has 0 bridgehead atoms. The predicted octanol–water partition coefficient (Wildman–Crippen LogP) is 14.6. The molecule has 0 nitrogen and oxygen atoms in total. The lowest BCUT2D eigenvalue weighted by atomic mass is 9.66. The second kappa shape index (κ2) is 11.5. The number of hydrogen-bond donors (Lipinski definition) is 0. The molecule has 0 amide bonds. The summed E-state index contributed by atoms with van der Waals surface area (Å²) in [6, 6.07) is 77.5. The molecule has 0 aromatic heterocycles. The van der Waals surface area contributed by atoms with Crippen LogP contribution in [0.5, 0.6) is 0 Å². The van der Waals surface area contributed by atoms with E-state index in [2.05, 4.69) is 206 Å². The van der Waals surface area contributed by atoms with Crippen molar-refractivity contribution in [2.45, 2.75) is 5.41 Å². The maximum atomic E-state index is 2.54. The topological polar surface area (TPSA) is 0 Å². The molecule has 0 fully saturated rings. The molecule has 0 unspecified atom stereocenters. The maximum absolute atomic E-state index is 2.54. The first-order chi connectivity index (χ1) is 27.3. The average molecular weight is 695 g/mol. The first-order valence-corrected chi connectivity index (χ1v) is 19.3. The Balaban J connectivity index is 1.28. The van der Waals surface area contributed by atoms with Crippen LogP contribution in [-0.2, 0) is 5.41 Å². The molecule has 0 heterocycles. The van der Waals surface area contributed by atoms with E-state index in [4.69, 9.17) is 0 Å². The van der Waals surface area contributed by atoms with E-state index in [0.29, 0.717) is 0 Å². The Morgan fingerprint density at radius 1 is 0.291 bits per heavy atom. The minimum atomic E-state index is -0.570. The van der Waals surface area contributed by atoms with Gasteiger partial charge in [0.1, 0.15) is 0 Å². The highest BCUT2D eigenvalue weighted by molar-refractivity contribution is 6.25. The van der Waals surface area contributed by atoms with Crippen LogP contribution in [0.4, 0.5) is 0 Å². The maximum Gasteiger partial charge on any atom is 0.0720 e. The number of benzene rings is 11. The van der Waals surface area contributed by atoms with E-state index in [1.165, 1.54) is 109 Å². The Morgan fingerprint density at radius 2 is 0.855 bits per heavy atom. The molecule has 0 spiro atoms. The van der Waals surface area contributed by atoms with Crippen LogP contribution in [0.1, 0.15) is 22.3 Å². The second-order valence-electron chi connectivity index (χ2n) is 15.2. The molecule has 0 saturated carbocycles. The summed E-state index contributed by atoms with van der Waals surface area (Å²) in [6.07, 6.45) is 0. The van der Waals surface area contributed by atoms with Gasteiger partial charge in [0.05, 0.1) is 5.41 Å². The molecule has 55 heavy (non-hydrogen) atoms. The standard InChI is InChI=1S/C55H34/c1-3-17-43(18-4-1)55(44-19-5-2-6-20-44)50-34-42(45-29-27-39-24-23-37-15-11-16-38-28-30-47(45)52(39)51(37)38)33-49(41-25-22-35-12-7-8-14-40(35)32-41)53(50)48-31-26-36-13-9-10-21-46(36)54(48)55/h1-34H. The molecule has 1 aliphatic rings. The summed E-state index contributed by atoms with van der Waals surface area (Å²) in [5, 5.41) is 12.9. The van der Waals surface area contributed by atoms with E-state index in [-0.39, 0.29) is 0 Å². The minimum absolute atomic E-state index is 0.570. The fraction of sp³-hybridized carbons (Fsp3) is 0.0182. The van der Waals surface area contributed by atoms with Crippen molar-refractivity contribution in [1.82, 2.24) is 0 Å². The quantitative estimate of drug-likeness (QED) is 0.161. The predicted molar refractivity (Wildman–Crippen MR) is 233 cm³/mol. The second-order valence-corrected chi connectivity index (χ2v) is 15.2. The molecule has 1 aliphatic carbocycles. The van der Waals surface area contributed by atoms with Gasteiger partial charge in [-0.2, -0.15) is 0 Å². The SMILES string of the molecule is c1ccc(C2(c3ccccc3)c3cc(-c4ccc5ccc6cccc7ccc4c5c67)cc(-c4ccc5ccccc5c4)c3-c3ccc4ccccc4c32)cc1. The van der Waals surface area contributed by atoms with Crippen LogP contribution in [0.25, 0.3) is 87.2 Å². The third-order valence-corrected chi connectivity index (χ3v) is 12.4. The largest absolute Gasteiger partial charge is 0.0720 e. The van der Waals surface area contributed by atoms with Crippen molar-refractivity contribution >= 4 is 53.9 Å². The van der Waals surface area contributed by atoms with Crippen molar-refractivity contribution in [2.24, 2.45) is 0 Å². The summed E-state index contributed by atoms with van der Waals surface area (Å²) in [5.74, 6) is 0. The van der Waals surface area contributed by atoms with Gasteiger partial charge in [-0.25, -0.2) is 0 Å².